The molecule has 0 radical (unpaired) electrons. The van der Waals surface area contributed by atoms with Crippen molar-refractivity contribution in [2.45, 2.75) is 24.5 Å². The van der Waals surface area contributed by atoms with Crippen LogP contribution in [0.1, 0.15) is 19.8 Å². The van der Waals surface area contributed by atoms with Gasteiger partial charge in [0.2, 0.25) is 5.91 Å². The maximum absolute atomic E-state index is 12.1. The Morgan fingerprint density at radius 1 is 1.59 bits per heavy atom. The van der Waals surface area contributed by atoms with Crippen molar-refractivity contribution in [3.8, 4) is 0 Å². The lowest BCUT2D eigenvalue weighted by Gasteiger charge is -2.21. The quantitative estimate of drug-likeness (QED) is 0.855. The third kappa shape index (κ3) is 3.00. The first kappa shape index (κ1) is 13.3. The van der Waals surface area contributed by atoms with Gasteiger partial charge in [-0.1, -0.05) is 0 Å². The molecule has 0 saturated carbocycles. The summed E-state index contributed by atoms with van der Waals surface area (Å²) in [6, 6.07) is 0. The van der Waals surface area contributed by atoms with Gasteiger partial charge in [-0.15, -0.1) is 11.8 Å². The molecule has 2 rings (SSSR count). The van der Waals surface area contributed by atoms with Crippen molar-refractivity contribution in [2.24, 2.45) is 0 Å². The molecule has 1 aliphatic rings. The number of hydrogen-bond acceptors (Lipinski definition) is 4. The van der Waals surface area contributed by atoms with E-state index in [0.717, 1.165) is 18.6 Å². The van der Waals surface area contributed by atoms with E-state index >= 15 is 0 Å². The molecule has 1 atom stereocenters. The van der Waals surface area contributed by atoms with Crippen LogP contribution in [0.25, 0.3) is 0 Å². The SMILES string of the molecule is CC1(C(=O)Nc2ncc(Br)nc2Br)CCCS1. The molecule has 1 unspecified atom stereocenters. The lowest BCUT2D eigenvalue weighted by molar-refractivity contribution is -0.118. The monoisotopic (exact) mass is 379 g/mol. The predicted molar refractivity (Wildman–Crippen MR) is 76.2 cm³/mol. The highest BCUT2D eigenvalue weighted by Gasteiger charge is 2.37. The van der Waals surface area contributed by atoms with E-state index in [9.17, 15) is 4.79 Å². The van der Waals surface area contributed by atoms with Gasteiger partial charge in [-0.25, -0.2) is 9.97 Å². The van der Waals surface area contributed by atoms with Gasteiger partial charge in [0.15, 0.2) is 5.82 Å². The Kier molecular flexibility index (Phi) is 4.10. The fourth-order valence-electron chi connectivity index (χ4n) is 1.63. The summed E-state index contributed by atoms with van der Waals surface area (Å²) in [7, 11) is 0. The zero-order valence-corrected chi connectivity index (χ0v) is 13.2. The van der Waals surface area contributed by atoms with Gasteiger partial charge >= 0.3 is 0 Å². The molecule has 1 aromatic rings. The molecule has 0 aliphatic carbocycles. The Bertz CT molecular complexity index is 449. The number of amides is 1. The summed E-state index contributed by atoms with van der Waals surface area (Å²) in [5.74, 6) is 1.50. The first-order chi connectivity index (χ1) is 8.01. The molecule has 1 amide bonds. The maximum atomic E-state index is 12.1. The topological polar surface area (TPSA) is 54.9 Å². The Balaban J connectivity index is 2.13. The molecular formula is C10H11Br2N3OS. The highest BCUT2D eigenvalue weighted by Crippen LogP contribution is 2.38. The van der Waals surface area contributed by atoms with Gasteiger partial charge in [-0.3, -0.25) is 4.79 Å². The fraction of sp³-hybridized carbons (Fsp3) is 0.500. The fourth-order valence-corrected chi connectivity index (χ4v) is 3.75. The molecule has 0 aromatic carbocycles. The van der Waals surface area contributed by atoms with Crippen LogP contribution in [0.15, 0.2) is 15.4 Å². The van der Waals surface area contributed by atoms with Gasteiger partial charge < -0.3 is 5.32 Å². The van der Waals surface area contributed by atoms with Crippen molar-refractivity contribution in [1.29, 1.82) is 0 Å². The number of nitrogens with zero attached hydrogens (tertiary/aromatic N) is 2. The standard InChI is InChI=1S/C10H11Br2N3OS/c1-10(3-2-4-17-10)9(16)15-8-7(12)14-6(11)5-13-8/h5H,2-4H2,1H3,(H,13,15,16). The van der Waals surface area contributed by atoms with Crippen LogP contribution in [0.5, 0.6) is 0 Å². The van der Waals surface area contributed by atoms with E-state index in [-0.39, 0.29) is 10.7 Å². The number of anilines is 1. The third-order valence-corrected chi connectivity index (χ3v) is 5.09. The molecular weight excluding hydrogens is 370 g/mol. The molecule has 0 spiro atoms. The summed E-state index contributed by atoms with van der Waals surface area (Å²) in [5, 5.41) is 2.82. The van der Waals surface area contributed by atoms with Crippen LogP contribution < -0.4 is 5.32 Å². The summed E-state index contributed by atoms with van der Waals surface area (Å²) < 4.78 is 0.824. The smallest absolute Gasteiger partial charge is 0.241 e. The van der Waals surface area contributed by atoms with E-state index in [0.29, 0.717) is 15.0 Å². The number of carbonyl (C=O) groups is 1. The van der Waals surface area contributed by atoms with Crippen molar-refractivity contribution in [1.82, 2.24) is 9.97 Å². The minimum atomic E-state index is -0.339. The van der Waals surface area contributed by atoms with Gasteiger partial charge in [-0.05, 0) is 57.4 Å². The molecule has 4 nitrogen and oxygen atoms in total. The van der Waals surface area contributed by atoms with Crippen molar-refractivity contribution in [2.75, 3.05) is 11.1 Å². The van der Waals surface area contributed by atoms with E-state index in [1.54, 1.807) is 18.0 Å². The van der Waals surface area contributed by atoms with Crippen LogP contribution in [0.2, 0.25) is 0 Å². The van der Waals surface area contributed by atoms with Crippen molar-refractivity contribution in [3.05, 3.63) is 15.4 Å². The van der Waals surface area contributed by atoms with Crippen LogP contribution in [-0.2, 0) is 4.79 Å². The number of aromatic nitrogens is 2. The second-order valence-electron chi connectivity index (χ2n) is 3.97. The summed E-state index contributed by atoms with van der Waals surface area (Å²) >= 11 is 8.19. The number of hydrogen-bond donors (Lipinski definition) is 1. The van der Waals surface area contributed by atoms with Crippen LogP contribution in [0.3, 0.4) is 0 Å². The van der Waals surface area contributed by atoms with E-state index < -0.39 is 0 Å². The summed E-state index contributed by atoms with van der Waals surface area (Å²) in [4.78, 5) is 20.4. The van der Waals surface area contributed by atoms with Crippen molar-refractivity contribution < 1.29 is 4.79 Å². The van der Waals surface area contributed by atoms with Gasteiger partial charge in [0.1, 0.15) is 9.21 Å². The Hall–Kier alpha value is -0.140. The van der Waals surface area contributed by atoms with Gasteiger partial charge in [0.25, 0.3) is 0 Å². The second kappa shape index (κ2) is 5.24. The molecule has 1 N–H and O–H groups in total. The first-order valence-corrected chi connectivity index (χ1v) is 7.72. The van der Waals surface area contributed by atoms with E-state index in [1.165, 1.54) is 0 Å². The van der Waals surface area contributed by atoms with Gasteiger partial charge in [0, 0.05) is 0 Å². The van der Waals surface area contributed by atoms with Gasteiger partial charge in [-0.2, -0.15) is 0 Å². The Morgan fingerprint density at radius 2 is 2.35 bits per heavy atom. The normalized spacial score (nSPS) is 23.7. The molecule has 92 valence electrons. The zero-order chi connectivity index (χ0) is 12.5. The number of nitrogens with one attached hydrogen (secondary N) is 1. The first-order valence-electron chi connectivity index (χ1n) is 5.15. The summed E-state index contributed by atoms with van der Waals surface area (Å²) in [6.45, 7) is 1.97. The molecule has 7 heteroatoms. The summed E-state index contributed by atoms with van der Waals surface area (Å²) in [6.07, 6.45) is 3.55. The van der Waals surface area contributed by atoms with Crippen LogP contribution in [0, 0.1) is 0 Å². The molecule has 2 heterocycles. The van der Waals surface area contributed by atoms with E-state index in [2.05, 4.69) is 47.1 Å². The van der Waals surface area contributed by atoms with Gasteiger partial charge in [0.05, 0.1) is 10.9 Å². The average molecular weight is 381 g/mol. The van der Waals surface area contributed by atoms with Crippen molar-refractivity contribution >= 4 is 55.3 Å². The highest BCUT2D eigenvalue weighted by atomic mass is 79.9. The number of halogens is 2. The Labute approximate surface area is 121 Å². The van der Waals surface area contributed by atoms with Crippen LogP contribution in [0.4, 0.5) is 5.82 Å². The minimum Gasteiger partial charge on any atom is -0.307 e. The van der Waals surface area contributed by atoms with E-state index in [1.807, 2.05) is 6.92 Å². The largest absolute Gasteiger partial charge is 0.307 e. The zero-order valence-electron chi connectivity index (χ0n) is 9.17. The number of carbonyl (C=O) groups excluding carboxylic acids is 1. The molecule has 1 aliphatic heterocycles. The molecule has 1 aromatic heterocycles. The maximum Gasteiger partial charge on any atom is 0.241 e. The van der Waals surface area contributed by atoms with E-state index in [4.69, 9.17) is 0 Å². The third-order valence-electron chi connectivity index (χ3n) is 2.63. The summed E-state index contributed by atoms with van der Waals surface area (Å²) in [5.41, 5.74) is 0. The second-order valence-corrected chi connectivity index (χ2v) is 7.13. The molecule has 0 bridgehead atoms. The number of thioether (sulfide) groups is 1. The molecule has 1 fully saturated rings. The lowest BCUT2D eigenvalue weighted by atomic mass is 10.1. The van der Waals surface area contributed by atoms with Crippen LogP contribution >= 0.6 is 43.6 Å². The lowest BCUT2D eigenvalue weighted by Crippen LogP contribution is -2.35. The average Bonchev–Trinajstić information content (AvgIpc) is 2.71. The number of rotatable bonds is 2. The highest BCUT2D eigenvalue weighted by molar-refractivity contribution is 9.11. The van der Waals surface area contributed by atoms with Crippen LogP contribution in [-0.4, -0.2) is 26.4 Å². The molecule has 17 heavy (non-hydrogen) atoms. The molecule has 1 saturated heterocycles. The van der Waals surface area contributed by atoms with Crippen molar-refractivity contribution in [3.63, 3.8) is 0 Å². The predicted octanol–water partition coefficient (Wildman–Crippen LogP) is 3.23. The Morgan fingerprint density at radius 3 is 2.94 bits per heavy atom. The minimum absolute atomic E-state index is 0.00248.